The number of aromatic nitrogens is 3. The Morgan fingerprint density at radius 2 is 2.19 bits per heavy atom. The smallest absolute Gasteiger partial charge is 0.156 e. The van der Waals surface area contributed by atoms with E-state index in [0.717, 1.165) is 18.1 Å². The molecule has 2 aromatic heterocycles. The molecule has 0 saturated carbocycles. The molecule has 21 heavy (non-hydrogen) atoms. The van der Waals surface area contributed by atoms with Gasteiger partial charge in [-0.25, -0.2) is 9.97 Å². The van der Waals surface area contributed by atoms with Gasteiger partial charge in [0.2, 0.25) is 0 Å². The normalized spacial score (nSPS) is 20.2. The number of pyridine rings is 1. The van der Waals surface area contributed by atoms with E-state index < -0.39 is 0 Å². The average Bonchev–Trinajstić information content (AvgIpc) is 2.45. The lowest BCUT2D eigenvalue weighted by molar-refractivity contribution is 0.177. The van der Waals surface area contributed by atoms with E-state index in [-0.39, 0.29) is 18.1 Å². The van der Waals surface area contributed by atoms with Crippen molar-refractivity contribution in [3.63, 3.8) is 0 Å². The molecule has 0 spiro atoms. The maximum Gasteiger partial charge on any atom is 0.156 e. The molecule has 0 aliphatic carbocycles. The molecule has 3 heterocycles. The van der Waals surface area contributed by atoms with Crippen LogP contribution in [0.25, 0.3) is 0 Å². The summed E-state index contributed by atoms with van der Waals surface area (Å²) in [7, 11) is 0. The first-order valence-electron chi connectivity index (χ1n) is 7.13. The zero-order valence-electron chi connectivity index (χ0n) is 12.6. The topological polar surface area (TPSA) is 62.1 Å². The highest BCUT2D eigenvalue weighted by atomic mass is 16.3. The average molecular weight is 284 g/mol. The van der Waals surface area contributed by atoms with Crippen LogP contribution in [0.3, 0.4) is 0 Å². The van der Waals surface area contributed by atoms with Crippen LogP contribution in [0.15, 0.2) is 30.6 Å². The van der Waals surface area contributed by atoms with Crippen LogP contribution >= 0.6 is 0 Å². The van der Waals surface area contributed by atoms with E-state index in [1.54, 1.807) is 6.20 Å². The highest BCUT2D eigenvalue weighted by Gasteiger charge is 2.47. The van der Waals surface area contributed by atoms with Gasteiger partial charge in [-0.05, 0) is 18.6 Å². The van der Waals surface area contributed by atoms with Crippen molar-refractivity contribution in [1.82, 2.24) is 15.0 Å². The summed E-state index contributed by atoms with van der Waals surface area (Å²) in [5, 5.41) is 9.29. The third-order valence-electron chi connectivity index (χ3n) is 3.95. The molecule has 1 aliphatic rings. The summed E-state index contributed by atoms with van der Waals surface area (Å²) in [6, 6.07) is 6.28. The summed E-state index contributed by atoms with van der Waals surface area (Å²) in [6.45, 7) is 7.22. The van der Waals surface area contributed by atoms with Crippen LogP contribution in [0.1, 0.15) is 37.0 Å². The van der Waals surface area contributed by atoms with Gasteiger partial charge in [-0.15, -0.1) is 0 Å². The summed E-state index contributed by atoms with van der Waals surface area (Å²) in [4.78, 5) is 15.2. The molecule has 5 heteroatoms. The zero-order valence-corrected chi connectivity index (χ0v) is 12.6. The summed E-state index contributed by atoms with van der Waals surface area (Å²) in [6.07, 6.45) is 3.71. The van der Waals surface area contributed by atoms with Crippen molar-refractivity contribution >= 4 is 5.82 Å². The minimum atomic E-state index is -0.135. The molecular formula is C16H20N4O. The number of aliphatic hydroxyl groups is 1. The Hall–Kier alpha value is -2.01. The second-order valence-corrected chi connectivity index (χ2v) is 6.25. The molecule has 1 N–H and O–H groups in total. The maximum atomic E-state index is 9.29. The molecule has 0 amide bonds. The monoisotopic (exact) mass is 284 g/mol. The van der Waals surface area contributed by atoms with Crippen molar-refractivity contribution in [2.24, 2.45) is 5.41 Å². The van der Waals surface area contributed by atoms with Gasteiger partial charge >= 0.3 is 0 Å². The first-order chi connectivity index (χ1) is 10.0. The van der Waals surface area contributed by atoms with E-state index in [9.17, 15) is 5.11 Å². The zero-order chi connectivity index (χ0) is 15.0. The minimum absolute atomic E-state index is 0.135. The second kappa shape index (κ2) is 5.07. The lowest BCUT2D eigenvalue weighted by Crippen LogP contribution is -2.56. The highest BCUT2D eigenvalue weighted by molar-refractivity contribution is 5.49. The third-order valence-corrected chi connectivity index (χ3v) is 3.95. The first-order valence-corrected chi connectivity index (χ1v) is 7.13. The number of anilines is 1. The van der Waals surface area contributed by atoms with E-state index in [0.29, 0.717) is 5.82 Å². The fraction of sp³-hybridized carbons (Fsp3) is 0.438. The molecule has 0 radical (unpaired) electrons. The number of nitrogens with zero attached hydrogens (tertiary/aromatic N) is 4. The molecule has 1 fully saturated rings. The van der Waals surface area contributed by atoms with Crippen molar-refractivity contribution in [3.8, 4) is 0 Å². The van der Waals surface area contributed by atoms with Gasteiger partial charge in [-0.2, -0.15) is 0 Å². The number of hydrogen-bond acceptors (Lipinski definition) is 5. The van der Waals surface area contributed by atoms with Crippen molar-refractivity contribution < 1.29 is 5.11 Å². The predicted octanol–water partition coefficient (Wildman–Crippen LogP) is 2.26. The molecule has 3 rings (SSSR count). The van der Waals surface area contributed by atoms with Crippen LogP contribution in [0.5, 0.6) is 0 Å². The van der Waals surface area contributed by atoms with Crippen molar-refractivity contribution in [3.05, 3.63) is 47.7 Å². The van der Waals surface area contributed by atoms with Crippen LogP contribution in [0.4, 0.5) is 5.82 Å². The van der Waals surface area contributed by atoms with E-state index >= 15 is 0 Å². The van der Waals surface area contributed by atoms with Gasteiger partial charge in [0, 0.05) is 36.1 Å². The molecule has 0 aromatic carbocycles. The molecule has 2 aromatic rings. The summed E-state index contributed by atoms with van der Waals surface area (Å²) < 4.78 is 0. The number of rotatable bonds is 3. The van der Waals surface area contributed by atoms with Crippen LogP contribution in [-0.4, -0.2) is 26.6 Å². The van der Waals surface area contributed by atoms with Crippen LogP contribution < -0.4 is 4.90 Å². The SMILES string of the molecule is Cc1cc(N2CC(C)(C)C2c2cccnc2)nc(CO)n1. The lowest BCUT2D eigenvalue weighted by Gasteiger charge is -2.55. The van der Waals surface area contributed by atoms with Crippen LogP contribution in [0.2, 0.25) is 0 Å². The summed E-state index contributed by atoms with van der Waals surface area (Å²) >= 11 is 0. The van der Waals surface area contributed by atoms with Crippen molar-refractivity contribution in [2.75, 3.05) is 11.4 Å². The maximum absolute atomic E-state index is 9.29. The van der Waals surface area contributed by atoms with Crippen LogP contribution in [-0.2, 0) is 6.61 Å². The summed E-state index contributed by atoms with van der Waals surface area (Å²) in [5.41, 5.74) is 2.23. The van der Waals surface area contributed by atoms with Gasteiger partial charge in [0.15, 0.2) is 5.82 Å². The first kappa shape index (κ1) is 13.9. The largest absolute Gasteiger partial charge is 0.388 e. The van der Waals surface area contributed by atoms with E-state index in [1.807, 2.05) is 25.3 Å². The molecule has 1 atom stereocenters. The number of hydrogen-bond donors (Lipinski definition) is 1. The predicted molar refractivity (Wildman–Crippen MR) is 80.8 cm³/mol. The Kier molecular flexibility index (Phi) is 3.37. The highest BCUT2D eigenvalue weighted by Crippen LogP contribution is 2.49. The third kappa shape index (κ3) is 2.49. The Labute approximate surface area is 124 Å². The van der Waals surface area contributed by atoms with Gasteiger partial charge in [0.1, 0.15) is 12.4 Å². The molecule has 5 nitrogen and oxygen atoms in total. The Morgan fingerprint density at radius 3 is 2.81 bits per heavy atom. The van der Waals surface area contributed by atoms with E-state index in [4.69, 9.17) is 0 Å². The molecule has 1 unspecified atom stereocenters. The lowest BCUT2D eigenvalue weighted by atomic mass is 9.72. The van der Waals surface area contributed by atoms with Crippen LogP contribution in [0, 0.1) is 12.3 Å². The van der Waals surface area contributed by atoms with Gasteiger partial charge in [-0.3, -0.25) is 4.98 Å². The second-order valence-electron chi connectivity index (χ2n) is 6.25. The van der Waals surface area contributed by atoms with Crippen molar-refractivity contribution in [1.29, 1.82) is 0 Å². The Bertz CT molecular complexity index is 642. The molecule has 1 aliphatic heterocycles. The van der Waals surface area contributed by atoms with Gasteiger partial charge in [0.05, 0.1) is 6.04 Å². The molecule has 110 valence electrons. The van der Waals surface area contributed by atoms with Crippen molar-refractivity contribution in [2.45, 2.75) is 33.4 Å². The summed E-state index contributed by atoms with van der Waals surface area (Å²) in [5.74, 6) is 1.35. The number of aliphatic hydroxyl groups excluding tert-OH is 1. The van der Waals surface area contributed by atoms with Gasteiger partial charge in [0.25, 0.3) is 0 Å². The van der Waals surface area contributed by atoms with E-state index in [1.165, 1.54) is 5.56 Å². The van der Waals surface area contributed by atoms with Gasteiger partial charge < -0.3 is 10.0 Å². The fourth-order valence-electron chi connectivity index (χ4n) is 3.14. The Balaban J connectivity index is 1.98. The molecule has 0 bridgehead atoms. The van der Waals surface area contributed by atoms with E-state index in [2.05, 4.69) is 39.8 Å². The standard InChI is InChI=1S/C16H20N4O/c1-11-7-14(19-13(9-21)18-11)20-10-16(2,3)15(20)12-5-4-6-17-8-12/h4-8,15,21H,9-10H2,1-3H3. The fourth-order valence-corrected chi connectivity index (χ4v) is 3.14. The minimum Gasteiger partial charge on any atom is -0.388 e. The molecular weight excluding hydrogens is 264 g/mol. The quantitative estimate of drug-likeness (QED) is 0.936. The molecule has 1 saturated heterocycles. The Morgan fingerprint density at radius 1 is 1.38 bits per heavy atom. The number of aryl methyl sites for hydroxylation is 1. The van der Waals surface area contributed by atoms with Gasteiger partial charge in [-0.1, -0.05) is 19.9 Å².